The van der Waals surface area contributed by atoms with Gasteiger partial charge >= 0.3 is 0 Å². The van der Waals surface area contributed by atoms with Gasteiger partial charge in [0.05, 0.1) is 5.02 Å². The van der Waals surface area contributed by atoms with Crippen molar-refractivity contribution in [2.75, 3.05) is 6.54 Å². The highest BCUT2D eigenvalue weighted by Crippen LogP contribution is 2.32. The molecule has 0 saturated heterocycles. The summed E-state index contributed by atoms with van der Waals surface area (Å²) in [4.78, 5) is 0. The van der Waals surface area contributed by atoms with E-state index >= 15 is 0 Å². The summed E-state index contributed by atoms with van der Waals surface area (Å²) in [6.07, 6.45) is 3.56. The third kappa shape index (κ3) is 3.51. The third-order valence-corrected chi connectivity index (χ3v) is 3.50. The molecule has 2 nitrogen and oxygen atoms in total. The van der Waals surface area contributed by atoms with Crippen molar-refractivity contribution in [3.05, 3.63) is 28.2 Å². The van der Waals surface area contributed by atoms with Crippen LogP contribution < -0.4 is 10.1 Å². The van der Waals surface area contributed by atoms with Crippen LogP contribution in [0.3, 0.4) is 0 Å². The maximum absolute atomic E-state index is 6.05. The van der Waals surface area contributed by atoms with Gasteiger partial charge in [0.25, 0.3) is 0 Å². The average molecular weight is 274 g/mol. The quantitative estimate of drug-likeness (QED) is 0.879. The van der Waals surface area contributed by atoms with E-state index in [1.807, 2.05) is 6.07 Å². The van der Waals surface area contributed by atoms with Gasteiger partial charge in [0.2, 0.25) is 0 Å². The van der Waals surface area contributed by atoms with Crippen LogP contribution in [0.15, 0.2) is 18.2 Å². The summed E-state index contributed by atoms with van der Waals surface area (Å²) in [7, 11) is 0. The summed E-state index contributed by atoms with van der Waals surface area (Å²) >= 11 is 11.9. The maximum atomic E-state index is 6.05. The van der Waals surface area contributed by atoms with Crippen LogP contribution in [0.2, 0.25) is 10.0 Å². The summed E-state index contributed by atoms with van der Waals surface area (Å²) in [5.74, 6) is 0.731. The predicted octanol–water partition coefficient (Wildman–Crippen LogP) is 3.90. The summed E-state index contributed by atoms with van der Waals surface area (Å²) in [5, 5.41) is 4.70. The molecule has 1 saturated carbocycles. The Morgan fingerprint density at radius 3 is 2.76 bits per heavy atom. The van der Waals surface area contributed by atoms with Crippen molar-refractivity contribution in [2.24, 2.45) is 0 Å². The van der Waals surface area contributed by atoms with Crippen molar-refractivity contribution in [3.8, 4) is 5.75 Å². The minimum Gasteiger partial charge on any atom is -0.489 e. The van der Waals surface area contributed by atoms with E-state index < -0.39 is 0 Å². The third-order valence-electron chi connectivity index (χ3n) is 2.97. The van der Waals surface area contributed by atoms with Crippen molar-refractivity contribution in [1.29, 1.82) is 0 Å². The van der Waals surface area contributed by atoms with E-state index in [-0.39, 0.29) is 6.10 Å². The highest BCUT2D eigenvalue weighted by Gasteiger charge is 2.30. The van der Waals surface area contributed by atoms with Gasteiger partial charge in [0.1, 0.15) is 11.9 Å². The fourth-order valence-corrected chi connectivity index (χ4v) is 2.38. The molecule has 0 aromatic heterocycles. The first-order valence-corrected chi connectivity index (χ1v) is 6.79. The Morgan fingerprint density at radius 1 is 1.35 bits per heavy atom. The van der Waals surface area contributed by atoms with Gasteiger partial charge in [0.15, 0.2) is 0 Å². The summed E-state index contributed by atoms with van der Waals surface area (Å²) in [5.41, 5.74) is 0. The van der Waals surface area contributed by atoms with Crippen molar-refractivity contribution in [2.45, 2.75) is 38.3 Å². The van der Waals surface area contributed by atoms with Crippen LogP contribution in [0.4, 0.5) is 0 Å². The van der Waals surface area contributed by atoms with E-state index in [0.717, 1.165) is 25.1 Å². The molecule has 1 fully saturated rings. The minimum atomic E-state index is 0.281. The molecule has 0 unspecified atom stereocenters. The van der Waals surface area contributed by atoms with Gasteiger partial charge in [-0.05, 0) is 44.0 Å². The van der Waals surface area contributed by atoms with Crippen LogP contribution in [0.5, 0.6) is 5.75 Å². The lowest BCUT2D eigenvalue weighted by atomic mass is 9.89. The number of halogens is 2. The first-order chi connectivity index (χ1) is 8.19. The molecule has 1 N–H and O–H groups in total. The first-order valence-electron chi connectivity index (χ1n) is 6.04. The monoisotopic (exact) mass is 273 g/mol. The predicted molar refractivity (Wildman–Crippen MR) is 72.2 cm³/mol. The van der Waals surface area contributed by atoms with Crippen molar-refractivity contribution < 1.29 is 4.74 Å². The fourth-order valence-electron chi connectivity index (χ4n) is 1.93. The smallest absolute Gasteiger partial charge is 0.138 e. The Labute approximate surface area is 112 Å². The molecule has 0 heterocycles. The SMILES string of the molecule is CCCNC1CC(Oc2ccc(Cl)cc2Cl)C1. The van der Waals surface area contributed by atoms with Crippen LogP contribution in [0.1, 0.15) is 26.2 Å². The van der Waals surface area contributed by atoms with Gasteiger partial charge in [0, 0.05) is 11.1 Å². The highest BCUT2D eigenvalue weighted by atomic mass is 35.5. The van der Waals surface area contributed by atoms with Crippen molar-refractivity contribution in [1.82, 2.24) is 5.32 Å². The number of nitrogens with one attached hydrogen (secondary N) is 1. The molecule has 0 amide bonds. The molecular weight excluding hydrogens is 257 g/mol. The summed E-state index contributed by atoms with van der Waals surface area (Å²) in [6.45, 7) is 3.26. The second kappa shape index (κ2) is 5.94. The molecule has 4 heteroatoms. The van der Waals surface area contributed by atoms with E-state index in [0.29, 0.717) is 16.1 Å². The zero-order valence-electron chi connectivity index (χ0n) is 9.88. The Bertz CT molecular complexity index is 378. The van der Waals surface area contributed by atoms with E-state index in [9.17, 15) is 0 Å². The number of rotatable bonds is 5. The number of ether oxygens (including phenoxy) is 1. The molecule has 1 aliphatic carbocycles. The molecule has 17 heavy (non-hydrogen) atoms. The molecule has 1 aromatic rings. The van der Waals surface area contributed by atoms with Crippen LogP contribution in [-0.2, 0) is 0 Å². The van der Waals surface area contributed by atoms with Crippen LogP contribution in [0, 0.1) is 0 Å². The largest absolute Gasteiger partial charge is 0.489 e. The number of hydrogen-bond acceptors (Lipinski definition) is 2. The van der Waals surface area contributed by atoms with Crippen LogP contribution in [0.25, 0.3) is 0 Å². The van der Waals surface area contributed by atoms with E-state index in [2.05, 4.69) is 12.2 Å². The maximum Gasteiger partial charge on any atom is 0.138 e. The Hall–Kier alpha value is -0.440. The van der Waals surface area contributed by atoms with Crippen LogP contribution in [-0.4, -0.2) is 18.7 Å². The molecule has 0 atom stereocenters. The standard InChI is InChI=1S/C13H17Cl2NO/c1-2-5-16-10-7-11(8-10)17-13-4-3-9(14)6-12(13)15/h3-4,6,10-11,16H,2,5,7-8H2,1H3. The van der Waals surface area contributed by atoms with Gasteiger partial charge in [-0.25, -0.2) is 0 Å². The zero-order chi connectivity index (χ0) is 12.3. The molecule has 94 valence electrons. The van der Waals surface area contributed by atoms with Gasteiger partial charge in [-0.3, -0.25) is 0 Å². The molecule has 0 spiro atoms. The van der Waals surface area contributed by atoms with Gasteiger partial charge in [-0.1, -0.05) is 30.1 Å². The second-order valence-corrected chi connectivity index (χ2v) is 5.28. The summed E-state index contributed by atoms with van der Waals surface area (Å²) in [6, 6.07) is 5.95. The number of benzene rings is 1. The second-order valence-electron chi connectivity index (χ2n) is 4.44. The molecule has 0 radical (unpaired) electrons. The van der Waals surface area contributed by atoms with Crippen molar-refractivity contribution >= 4 is 23.2 Å². The Kier molecular flexibility index (Phi) is 4.55. The van der Waals surface area contributed by atoms with E-state index in [4.69, 9.17) is 27.9 Å². The molecular formula is C13H17Cl2NO. The van der Waals surface area contributed by atoms with Crippen molar-refractivity contribution in [3.63, 3.8) is 0 Å². The van der Waals surface area contributed by atoms with Gasteiger partial charge in [-0.2, -0.15) is 0 Å². The molecule has 1 aromatic carbocycles. The van der Waals surface area contributed by atoms with E-state index in [1.54, 1.807) is 12.1 Å². The fraction of sp³-hybridized carbons (Fsp3) is 0.538. The molecule has 0 aliphatic heterocycles. The Morgan fingerprint density at radius 2 is 2.12 bits per heavy atom. The summed E-state index contributed by atoms with van der Waals surface area (Å²) < 4.78 is 5.82. The lowest BCUT2D eigenvalue weighted by molar-refractivity contribution is 0.0853. The zero-order valence-corrected chi connectivity index (χ0v) is 11.4. The highest BCUT2D eigenvalue weighted by molar-refractivity contribution is 6.35. The minimum absolute atomic E-state index is 0.281. The lowest BCUT2D eigenvalue weighted by Crippen LogP contribution is -2.47. The Balaban J connectivity index is 1.79. The average Bonchev–Trinajstić information content (AvgIpc) is 2.24. The normalized spacial score (nSPS) is 23.2. The number of hydrogen-bond donors (Lipinski definition) is 1. The van der Waals surface area contributed by atoms with Crippen LogP contribution >= 0.6 is 23.2 Å². The van der Waals surface area contributed by atoms with Gasteiger partial charge < -0.3 is 10.1 Å². The van der Waals surface area contributed by atoms with Gasteiger partial charge in [-0.15, -0.1) is 0 Å². The molecule has 2 rings (SSSR count). The topological polar surface area (TPSA) is 21.3 Å². The first kappa shape index (κ1) is 13.0. The molecule has 1 aliphatic rings. The van der Waals surface area contributed by atoms with E-state index in [1.165, 1.54) is 6.42 Å². The molecule has 0 bridgehead atoms. The lowest BCUT2D eigenvalue weighted by Gasteiger charge is -2.36.